The van der Waals surface area contributed by atoms with Crippen molar-refractivity contribution in [2.45, 2.75) is 46.1 Å². The van der Waals surface area contributed by atoms with Gasteiger partial charge in [0.05, 0.1) is 12.0 Å². The van der Waals surface area contributed by atoms with Crippen LogP contribution in [0.1, 0.15) is 43.3 Å². The summed E-state index contributed by atoms with van der Waals surface area (Å²) in [6.07, 6.45) is 4.09. The molecule has 0 saturated carbocycles. The molecule has 1 unspecified atom stereocenters. The predicted octanol–water partition coefficient (Wildman–Crippen LogP) is 2.24. The van der Waals surface area contributed by atoms with Crippen LogP contribution in [0.2, 0.25) is 0 Å². The first kappa shape index (κ1) is 14.5. The summed E-state index contributed by atoms with van der Waals surface area (Å²) in [5.74, 6) is 0.189. The monoisotopic (exact) mass is 281 g/mol. The molecule has 0 radical (unpaired) electrons. The number of nitrogens with one attached hydrogen (secondary N) is 2. The van der Waals surface area contributed by atoms with Gasteiger partial charge in [0.1, 0.15) is 5.01 Å². The van der Waals surface area contributed by atoms with Crippen molar-refractivity contribution >= 4 is 17.2 Å². The first-order valence-electron chi connectivity index (χ1n) is 7.06. The number of rotatable bonds is 5. The van der Waals surface area contributed by atoms with Crippen LogP contribution in [0.5, 0.6) is 0 Å². The molecule has 0 aromatic carbocycles. The Bertz CT molecular complexity index is 419. The van der Waals surface area contributed by atoms with Gasteiger partial charge >= 0.3 is 0 Å². The molecular formula is C14H23N3OS. The third-order valence-electron chi connectivity index (χ3n) is 3.75. The Morgan fingerprint density at radius 2 is 2.47 bits per heavy atom. The van der Waals surface area contributed by atoms with Crippen LogP contribution in [-0.4, -0.2) is 24.0 Å². The lowest BCUT2D eigenvalue weighted by atomic mass is 9.76. The number of nitrogens with zero attached hydrogens (tertiary/aromatic N) is 1. The number of aryl methyl sites for hydroxylation is 1. The average molecular weight is 281 g/mol. The molecule has 106 valence electrons. The first-order chi connectivity index (χ1) is 9.16. The lowest BCUT2D eigenvalue weighted by molar-refractivity contribution is -0.132. The number of piperidine rings is 1. The third kappa shape index (κ3) is 3.54. The van der Waals surface area contributed by atoms with Crippen molar-refractivity contribution in [2.24, 2.45) is 5.41 Å². The average Bonchev–Trinajstić information content (AvgIpc) is 2.83. The molecule has 1 aromatic rings. The zero-order valence-electron chi connectivity index (χ0n) is 11.8. The molecule has 1 aliphatic heterocycles. The molecule has 2 heterocycles. The molecule has 2 rings (SSSR count). The van der Waals surface area contributed by atoms with Crippen molar-refractivity contribution in [3.63, 3.8) is 0 Å². The highest BCUT2D eigenvalue weighted by Crippen LogP contribution is 2.32. The van der Waals surface area contributed by atoms with E-state index in [1.54, 1.807) is 11.3 Å². The highest BCUT2D eigenvalue weighted by atomic mass is 32.1. The lowest BCUT2D eigenvalue weighted by Gasteiger charge is -2.36. The zero-order valence-corrected chi connectivity index (χ0v) is 12.6. The van der Waals surface area contributed by atoms with Crippen molar-refractivity contribution in [2.75, 3.05) is 13.1 Å². The second-order valence-electron chi connectivity index (χ2n) is 5.38. The van der Waals surface area contributed by atoms with Crippen LogP contribution < -0.4 is 10.6 Å². The summed E-state index contributed by atoms with van der Waals surface area (Å²) in [7, 11) is 0. The van der Waals surface area contributed by atoms with Gasteiger partial charge in [-0.15, -0.1) is 11.3 Å². The molecule has 1 saturated heterocycles. The second kappa shape index (κ2) is 6.48. The molecule has 19 heavy (non-hydrogen) atoms. The Morgan fingerprint density at radius 3 is 3.05 bits per heavy atom. The summed E-state index contributed by atoms with van der Waals surface area (Å²) in [6, 6.07) is 0. The summed E-state index contributed by atoms with van der Waals surface area (Å²) < 4.78 is 0. The van der Waals surface area contributed by atoms with Crippen LogP contribution in [-0.2, 0) is 11.3 Å². The standard InChI is InChI=1S/C14H23N3OS/c1-3-5-14(6-4-7-15-10-14)13(18)16-8-12-17-11(2)9-19-12/h9,15H,3-8,10H2,1-2H3,(H,16,18). The maximum Gasteiger partial charge on any atom is 0.227 e. The highest BCUT2D eigenvalue weighted by Gasteiger charge is 2.38. The molecule has 2 N–H and O–H groups in total. The number of amides is 1. The van der Waals surface area contributed by atoms with Crippen molar-refractivity contribution in [1.29, 1.82) is 0 Å². The topological polar surface area (TPSA) is 54.0 Å². The molecule has 1 aromatic heterocycles. The molecule has 4 nitrogen and oxygen atoms in total. The maximum absolute atomic E-state index is 12.5. The van der Waals surface area contributed by atoms with Gasteiger partial charge in [0.15, 0.2) is 0 Å². The predicted molar refractivity (Wildman–Crippen MR) is 78.1 cm³/mol. The third-order valence-corrected chi connectivity index (χ3v) is 4.72. The first-order valence-corrected chi connectivity index (χ1v) is 7.94. The molecule has 1 atom stereocenters. The van der Waals surface area contributed by atoms with Gasteiger partial charge in [0, 0.05) is 17.6 Å². The zero-order chi connectivity index (χ0) is 13.7. The van der Waals surface area contributed by atoms with Crippen LogP contribution in [0.25, 0.3) is 0 Å². The fourth-order valence-corrected chi connectivity index (χ4v) is 3.51. The molecular weight excluding hydrogens is 258 g/mol. The summed E-state index contributed by atoms with van der Waals surface area (Å²) in [4.78, 5) is 16.9. The number of hydrogen-bond acceptors (Lipinski definition) is 4. The molecule has 0 aliphatic carbocycles. The number of carbonyl (C=O) groups is 1. The Kier molecular flexibility index (Phi) is 4.93. The van der Waals surface area contributed by atoms with Crippen molar-refractivity contribution < 1.29 is 4.79 Å². The highest BCUT2D eigenvalue weighted by molar-refractivity contribution is 7.09. The van der Waals surface area contributed by atoms with Crippen molar-refractivity contribution in [3.8, 4) is 0 Å². The minimum Gasteiger partial charge on any atom is -0.349 e. The minimum absolute atomic E-state index is 0.189. The van der Waals surface area contributed by atoms with Crippen LogP contribution >= 0.6 is 11.3 Å². The fraction of sp³-hybridized carbons (Fsp3) is 0.714. The van der Waals surface area contributed by atoms with E-state index >= 15 is 0 Å². The van der Waals surface area contributed by atoms with E-state index < -0.39 is 0 Å². The Hall–Kier alpha value is -0.940. The Morgan fingerprint density at radius 1 is 1.63 bits per heavy atom. The van der Waals surface area contributed by atoms with Gasteiger partial charge in [-0.2, -0.15) is 0 Å². The smallest absolute Gasteiger partial charge is 0.227 e. The van der Waals surface area contributed by atoms with E-state index in [2.05, 4.69) is 22.5 Å². The van der Waals surface area contributed by atoms with E-state index in [0.29, 0.717) is 6.54 Å². The van der Waals surface area contributed by atoms with Crippen LogP contribution in [0.15, 0.2) is 5.38 Å². The van der Waals surface area contributed by atoms with Crippen molar-refractivity contribution in [1.82, 2.24) is 15.6 Å². The van der Waals surface area contributed by atoms with Crippen LogP contribution in [0.3, 0.4) is 0 Å². The van der Waals surface area contributed by atoms with E-state index in [1.807, 2.05) is 12.3 Å². The molecule has 1 fully saturated rings. The number of thiazole rings is 1. The van der Waals surface area contributed by atoms with E-state index in [1.165, 1.54) is 0 Å². The Labute approximate surface area is 119 Å². The van der Waals surface area contributed by atoms with Gasteiger partial charge in [-0.05, 0) is 32.7 Å². The summed E-state index contributed by atoms with van der Waals surface area (Å²) in [6.45, 7) is 6.52. The van der Waals surface area contributed by atoms with E-state index in [0.717, 1.165) is 49.5 Å². The van der Waals surface area contributed by atoms with Gasteiger partial charge < -0.3 is 10.6 Å². The summed E-state index contributed by atoms with van der Waals surface area (Å²) >= 11 is 1.61. The number of aromatic nitrogens is 1. The molecule has 0 bridgehead atoms. The normalized spacial score (nSPS) is 23.3. The van der Waals surface area contributed by atoms with E-state index in [-0.39, 0.29) is 11.3 Å². The number of carbonyl (C=O) groups excluding carboxylic acids is 1. The van der Waals surface area contributed by atoms with Gasteiger partial charge in [-0.25, -0.2) is 4.98 Å². The second-order valence-corrected chi connectivity index (χ2v) is 6.32. The SMILES string of the molecule is CCCC1(C(=O)NCc2nc(C)cs2)CCCNC1. The molecule has 0 spiro atoms. The minimum atomic E-state index is -0.209. The summed E-state index contributed by atoms with van der Waals surface area (Å²) in [5, 5.41) is 9.45. The molecule has 5 heteroatoms. The summed E-state index contributed by atoms with van der Waals surface area (Å²) in [5.41, 5.74) is 0.816. The van der Waals surface area contributed by atoms with Gasteiger partial charge in [-0.3, -0.25) is 4.79 Å². The largest absolute Gasteiger partial charge is 0.349 e. The van der Waals surface area contributed by atoms with E-state index in [4.69, 9.17) is 0 Å². The Balaban J connectivity index is 1.95. The van der Waals surface area contributed by atoms with Gasteiger partial charge in [0.2, 0.25) is 5.91 Å². The fourth-order valence-electron chi connectivity index (χ4n) is 2.79. The van der Waals surface area contributed by atoms with Gasteiger partial charge in [-0.1, -0.05) is 13.3 Å². The van der Waals surface area contributed by atoms with E-state index in [9.17, 15) is 4.79 Å². The molecule has 1 aliphatic rings. The lowest BCUT2D eigenvalue weighted by Crippen LogP contribution is -2.50. The van der Waals surface area contributed by atoms with Crippen molar-refractivity contribution in [3.05, 3.63) is 16.1 Å². The van der Waals surface area contributed by atoms with Gasteiger partial charge in [0.25, 0.3) is 0 Å². The van der Waals surface area contributed by atoms with Crippen LogP contribution in [0, 0.1) is 12.3 Å². The number of hydrogen-bond donors (Lipinski definition) is 2. The molecule has 1 amide bonds. The van der Waals surface area contributed by atoms with Crippen LogP contribution in [0.4, 0.5) is 0 Å². The maximum atomic E-state index is 12.5. The quantitative estimate of drug-likeness (QED) is 0.870.